The lowest BCUT2D eigenvalue weighted by atomic mass is 10.2. The van der Waals surface area contributed by atoms with Crippen molar-refractivity contribution in [3.05, 3.63) is 40.3 Å². The van der Waals surface area contributed by atoms with Crippen LogP contribution in [0.25, 0.3) is 0 Å². The number of hydrogen-bond donors (Lipinski definition) is 0. The van der Waals surface area contributed by atoms with Crippen molar-refractivity contribution < 1.29 is 4.74 Å². The minimum absolute atomic E-state index is 0.142. The molecule has 5 heteroatoms. The zero-order valence-electron chi connectivity index (χ0n) is 10.2. The topological polar surface area (TPSA) is 38.2 Å². The monoisotopic (exact) mass is 261 g/mol. The largest absolute Gasteiger partial charge is 0.369 e. The van der Waals surface area contributed by atoms with E-state index in [-0.39, 0.29) is 6.10 Å². The molecular formula is C13H15N3OS. The van der Waals surface area contributed by atoms with Crippen molar-refractivity contribution in [3.63, 3.8) is 0 Å². The Labute approximate surface area is 110 Å². The molecule has 94 valence electrons. The van der Waals surface area contributed by atoms with E-state index in [1.54, 1.807) is 11.3 Å². The molecule has 0 amide bonds. The van der Waals surface area contributed by atoms with E-state index in [1.165, 1.54) is 4.88 Å². The van der Waals surface area contributed by atoms with Crippen molar-refractivity contribution in [1.82, 2.24) is 9.97 Å². The molecule has 1 atom stereocenters. The molecule has 0 N–H and O–H groups in total. The maximum absolute atomic E-state index is 5.81. The Morgan fingerprint density at radius 3 is 2.94 bits per heavy atom. The Morgan fingerprint density at radius 2 is 2.22 bits per heavy atom. The molecule has 1 fully saturated rings. The first kappa shape index (κ1) is 11.6. The molecule has 1 saturated heterocycles. The van der Waals surface area contributed by atoms with Crippen LogP contribution in [-0.4, -0.2) is 29.7 Å². The first-order chi connectivity index (χ1) is 8.83. The third-order valence-corrected chi connectivity index (χ3v) is 3.94. The van der Waals surface area contributed by atoms with E-state index < -0.39 is 0 Å². The lowest BCUT2D eigenvalue weighted by Crippen LogP contribution is -2.39. The lowest BCUT2D eigenvalue weighted by Gasteiger charge is -2.32. The van der Waals surface area contributed by atoms with Gasteiger partial charge < -0.3 is 9.64 Å². The summed E-state index contributed by atoms with van der Waals surface area (Å²) in [5.41, 5.74) is 1.09. The Morgan fingerprint density at radius 1 is 1.39 bits per heavy atom. The Bertz CT molecular complexity index is 497. The number of nitrogens with zero attached hydrogens (tertiary/aromatic N) is 3. The van der Waals surface area contributed by atoms with Crippen molar-refractivity contribution in [3.8, 4) is 0 Å². The summed E-state index contributed by atoms with van der Waals surface area (Å²) in [6.45, 7) is 4.39. The molecule has 0 spiro atoms. The molecule has 1 aliphatic heterocycles. The van der Waals surface area contributed by atoms with E-state index in [0.717, 1.165) is 31.2 Å². The number of hydrogen-bond acceptors (Lipinski definition) is 5. The molecule has 3 heterocycles. The van der Waals surface area contributed by atoms with Crippen LogP contribution < -0.4 is 4.90 Å². The second-order valence-electron chi connectivity index (χ2n) is 4.38. The van der Waals surface area contributed by atoms with Crippen LogP contribution in [-0.2, 0) is 4.74 Å². The van der Waals surface area contributed by atoms with Gasteiger partial charge in [0.2, 0.25) is 5.95 Å². The lowest BCUT2D eigenvalue weighted by molar-refractivity contribution is 0.0415. The molecule has 3 rings (SSSR count). The summed E-state index contributed by atoms with van der Waals surface area (Å²) in [5.74, 6) is 0.797. The second kappa shape index (κ2) is 5.04. The van der Waals surface area contributed by atoms with Gasteiger partial charge in [-0.1, -0.05) is 6.07 Å². The summed E-state index contributed by atoms with van der Waals surface area (Å²) < 4.78 is 5.81. The Balaban J connectivity index is 1.76. The predicted molar refractivity (Wildman–Crippen MR) is 72.0 cm³/mol. The van der Waals surface area contributed by atoms with Gasteiger partial charge in [-0.05, 0) is 23.9 Å². The summed E-state index contributed by atoms with van der Waals surface area (Å²) >= 11 is 1.74. The summed E-state index contributed by atoms with van der Waals surface area (Å²) in [6, 6.07) is 4.18. The predicted octanol–water partition coefficient (Wildman–Crippen LogP) is 2.42. The number of ether oxygens (including phenoxy) is 1. The maximum Gasteiger partial charge on any atom is 0.225 e. The van der Waals surface area contributed by atoms with E-state index in [0.29, 0.717) is 0 Å². The zero-order valence-corrected chi connectivity index (χ0v) is 11.1. The van der Waals surface area contributed by atoms with Crippen molar-refractivity contribution in [1.29, 1.82) is 0 Å². The van der Waals surface area contributed by atoms with Crippen LogP contribution in [0.5, 0.6) is 0 Å². The molecule has 2 aromatic rings. The number of aromatic nitrogens is 2. The number of thiophene rings is 1. The summed E-state index contributed by atoms with van der Waals surface area (Å²) in [6.07, 6.45) is 3.86. The van der Waals surface area contributed by atoms with Crippen LogP contribution in [0.2, 0.25) is 0 Å². The van der Waals surface area contributed by atoms with E-state index in [1.807, 2.05) is 19.3 Å². The van der Waals surface area contributed by atoms with E-state index >= 15 is 0 Å². The highest BCUT2D eigenvalue weighted by Gasteiger charge is 2.24. The minimum atomic E-state index is 0.142. The fourth-order valence-electron chi connectivity index (χ4n) is 2.03. The first-order valence-corrected chi connectivity index (χ1v) is 6.89. The van der Waals surface area contributed by atoms with Gasteiger partial charge in [0.25, 0.3) is 0 Å². The Kier molecular flexibility index (Phi) is 3.25. The molecule has 0 aromatic carbocycles. The fraction of sp³-hybridized carbons (Fsp3) is 0.385. The first-order valence-electron chi connectivity index (χ1n) is 6.01. The van der Waals surface area contributed by atoms with Gasteiger partial charge in [0, 0.05) is 23.8 Å². The van der Waals surface area contributed by atoms with Crippen LogP contribution >= 0.6 is 11.3 Å². The second-order valence-corrected chi connectivity index (χ2v) is 5.36. The van der Waals surface area contributed by atoms with Crippen molar-refractivity contribution in [2.75, 3.05) is 24.6 Å². The molecule has 2 aromatic heterocycles. The van der Waals surface area contributed by atoms with Gasteiger partial charge in [-0.3, -0.25) is 0 Å². The molecule has 0 aliphatic carbocycles. The highest BCUT2D eigenvalue weighted by Crippen LogP contribution is 2.27. The smallest absolute Gasteiger partial charge is 0.225 e. The molecule has 1 aliphatic rings. The molecular weight excluding hydrogens is 246 g/mol. The van der Waals surface area contributed by atoms with Gasteiger partial charge in [0.1, 0.15) is 6.10 Å². The summed E-state index contributed by atoms with van der Waals surface area (Å²) in [5, 5.41) is 2.08. The fourth-order valence-corrected chi connectivity index (χ4v) is 2.79. The van der Waals surface area contributed by atoms with Crippen molar-refractivity contribution in [2.24, 2.45) is 0 Å². The zero-order chi connectivity index (χ0) is 12.4. The standard InChI is InChI=1S/C13H15N3OS/c1-10-7-14-13(15-8-10)16-4-5-17-11(9-16)12-3-2-6-18-12/h2-3,6-8,11H,4-5,9H2,1H3. The number of anilines is 1. The average Bonchev–Trinajstić information content (AvgIpc) is 2.94. The molecule has 0 bridgehead atoms. The van der Waals surface area contributed by atoms with Crippen molar-refractivity contribution >= 4 is 17.3 Å². The van der Waals surface area contributed by atoms with Gasteiger partial charge in [0.15, 0.2) is 0 Å². The van der Waals surface area contributed by atoms with Gasteiger partial charge in [-0.15, -0.1) is 11.3 Å². The number of aryl methyl sites for hydroxylation is 1. The molecule has 18 heavy (non-hydrogen) atoms. The third-order valence-electron chi connectivity index (χ3n) is 2.98. The van der Waals surface area contributed by atoms with Gasteiger partial charge in [-0.25, -0.2) is 9.97 Å². The van der Waals surface area contributed by atoms with E-state index in [4.69, 9.17) is 4.74 Å². The minimum Gasteiger partial charge on any atom is -0.369 e. The van der Waals surface area contributed by atoms with Crippen LogP contribution in [0.15, 0.2) is 29.9 Å². The van der Waals surface area contributed by atoms with Gasteiger partial charge in [-0.2, -0.15) is 0 Å². The summed E-state index contributed by atoms with van der Waals surface area (Å²) in [4.78, 5) is 12.2. The quantitative estimate of drug-likeness (QED) is 0.832. The normalized spacial score (nSPS) is 20.1. The van der Waals surface area contributed by atoms with E-state index in [9.17, 15) is 0 Å². The number of rotatable bonds is 2. The van der Waals surface area contributed by atoms with Crippen LogP contribution in [0, 0.1) is 6.92 Å². The van der Waals surface area contributed by atoms with Crippen LogP contribution in [0.1, 0.15) is 16.5 Å². The molecule has 0 radical (unpaired) electrons. The van der Waals surface area contributed by atoms with E-state index in [2.05, 4.69) is 32.4 Å². The van der Waals surface area contributed by atoms with Gasteiger partial charge >= 0.3 is 0 Å². The highest BCUT2D eigenvalue weighted by atomic mass is 32.1. The number of morpholine rings is 1. The molecule has 0 saturated carbocycles. The molecule has 4 nitrogen and oxygen atoms in total. The average molecular weight is 261 g/mol. The third kappa shape index (κ3) is 2.37. The van der Waals surface area contributed by atoms with Crippen molar-refractivity contribution in [2.45, 2.75) is 13.0 Å². The Hall–Kier alpha value is -1.46. The van der Waals surface area contributed by atoms with Crippen LogP contribution in [0.4, 0.5) is 5.95 Å². The van der Waals surface area contributed by atoms with Gasteiger partial charge in [0.05, 0.1) is 13.2 Å². The SMILES string of the molecule is Cc1cnc(N2CCOC(c3cccs3)C2)nc1. The van der Waals surface area contributed by atoms with Crippen LogP contribution in [0.3, 0.4) is 0 Å². The maximum atomic E-state index is 5.81. The molecule has 1 unspecified atom stereocenters. The highest BCUT2D eigenvalue weighted by molar-refractivity contribution is 7.10. The summed E-state index contributed by atoms with van der Waals surface area (Å²) in [7, 11) is 0.